The molecule has 0 radical (unpaired) electrons. The molecule has 2 unspecified atom stereocenters. The topological polar surface area (TPSA) is 134 Å². The predicted molar refractivity (Wildman–Crippen MR) is 201 cm³/mol. The zero-order chi connectivity index (χ0) is 36.1. The molecule has 3 N–H and O–H groups in total. The molecule has 0 aliphatic rings. The lowest BCUT2D eigenvalue weighted by molar-refractivity contribution is -0.161. The number of hydrogen-bond acceptors (Lipinski definition) is 8. The van der Waals surface area contributed by atoms with Crippen LogP contribution in [0.3, 0.4) is 0 Å². The van der Waals surface area contributed by atoms with E-state index in [4.69, 9.17) is 24.3 Å². The Balaban J connectivity index is 4.35. The van der Waals surface area contributed by atoms with Crippen LogP contribution in [0.15, 0.2) is 60.8 Å². The second-order valence-electron chi connectivity index (χ2n) is 12.1. The minimum atomic E-state index is -4.39. The Morgan fingerprint density at radius 1 is 0.633 bits per heavy atom. The number of phosphoric ester groups is 1. The minimum absolute atomic E-state index is 0.0425. The van der Waals surface area contributed by atoms with Gasteiger partial charge >= 0.3 is 19.8 Å². The second kappa shape index (κ2) is 35.5. The Bertz CT molecular complexity index is 992. The SMILES string of the molecule is CCC=CCC=CCC=CCC=CCC=CCCCC(=O)OC(COC(=O)CCCCCCCCCCCCC)COP(=O)(O)OCCN. The summed E-state index contributed by atoms with van der Waals surface area (Å²) in [5.74, 6) is -0.903. The molecule has 0 aromatic heterocycles. The van der Waals surface area contributed by atoms with Gasteiger partial charge in [-0.05, 0) is 51.4 Å². The van der Waals surface area contributed by atoms with Gasteiger partial charge in [0.25, 0.3) is 0 Å². The number of carbonyl (C=O) groups is 2. The van der Waals surface area contributed by atoms with Crippen LogP contribution in [-0.4, -0.2) is 49.3 Å². The summed E-state index contributed by atoms with van der Waals surface area (Å²) in [5, 5.41) is 0. The largest absolute Gasteiger partial charge is 0.472 e. The standard InChI is InChI=1S/C39H68NO8P/c1-3-5-7-9-11-13-15-16-17-18-19-20-22-24-26-28-30-32-39(42)48-37(36-47-49(43,44)46-34-33-40)35-45-38(41)31-29-27-25-23-21-14-12-10-8-6-4-2/h5,7,11,13,16-17,19-20,24,26,37H,3-4,6,8-10,12,14-15,18,21-23,25,27-36,40H2,1-2H3,(H,43,44). The average molecular weight is 710 g/mol. The number of esters is 2. The van der Waals surface area contributed by atoms with Crippen LogP contribution in [0.25, 0.3) is 0 Å². The molecule has 0 rings (SSSR count). The van der Waals surface area contributed by atoms with Gasteiger partial charge in [-0.1, -0.05) is 139 Å². The Kier molecular flexibility index (Phi) is 33.9. The number of unbranched alkanes of at least 4 members (excludes halogenated alkanes) is 11. The molecule has 49 heavy (non-hydrogen) atoms. The van der Waals surface area contributed by atoms with E-state index < -0.39 is 32.5 Å². The van der Waals surface area contributed by atoms with Crippen molar-refractivity contribution < 1.29 is 37.6 Å². The van der Waals surface area contributed by atoms with Crippen molar-refractivity contribution in [1.29, 1.82) is 0 Å². The molecule has 0 saturated heterocycles. The highest BCUT2D eigenvalue weighted by molar-refractivity contribution is 7.47. The number of carbonyl (C=O) groups excluding carboxylic acids is 2. The molecule has 9 nitrogen and oxygen atoms in total. The molecule has 0 aliphatic heterocycles. The van der Waals surface area contributed by atoms with E-state index in [1.807, 2.05) is 6.08 Å². The summed E-state index contributed by atoms with van der Waals surface area (Å²) < 4.78 is 32.5. The van der Waals surface area contributed by atoms with Gasteiger partial charge < -0.3 is 20.1 Å². The highest BCUT2D eigenvalue weighted by atomic mass is 31.2. The van der Waals surface area contributed by atoms with Crippen molar-refractivity contribution in [2.24, 2.45) is 5.73 Å². The van der Waals surface area contributed by atoms with Gasteiger partial charge in [0, 0.05) is 19.4 Å². The average Bonchev–Trinajstić information content (AvgIpc) is 3.08. The molecule has 0 amide bonds. The van der Waals surface area contributed by atoms with Gasteiger partial charge in [-0.15, -0.1) is 0 Å². The molecule has 0 bridgehead atoms. The van der Waals surface area contributed by atoms with E-state index in [2.05, 4.69) is 68.5 Å². The molecule has 0 fully saturated rings. The number of phosphoric acid groups is 1. The summed E-state index contributed by atoms with van der Waals surface area (Å²) in [4.78, 5) is 34.6. The van der Waals surface area contributed by atoms with E-state index in [-0.39, 0.29) is 32.6 Å². The number of ether oxygens (including phenoxy) is 2. The smallest absolute Gasteiger partial charge is 0.462 e. The Morgan fingerprint density at radius 2 is 1.12 bits per heavy atom. The third-order valence-corrected chi connectivity index (χ3v) is 8.40. The second-order valence-corrected chi connectivity index (χ2v) is 13.5. The Hall–Kier alpha value is -2.29. The van der Waals surface area contributed by atoms with Crippen LogP contribution in [0.4, 0.5) is 0 Å². The van der Waals surface area contributed by atoms with Gasteiger partial charge in [0.2, 0.25) is 0 Å². The summed E-state index contributed by atoms with van der Waals surface area (Å²) >= 11 is 0. The minimum Gasteiger partial charge on any atom is -0.462 e. The van der Waals surface area contributed by atoms with Crippen LogP contribution >= 0.6 is 7.82 Å². The fourth-order valence-electron chi connectivity index (χ4n) is 4.67. The quantitative estimate of drug-likeness (QED) is 0.0290. The zero-order valence-corrected chi connectivity index (χ0v) is 31.5. The zero-order valence-electron chi connectivity index (χ0n) is 30.7. The van der Waals surface area contributed by atoms with E-state index in [1.165, 1.54) is 51.4 Å². The highest BCUT2D eigenvalue weighted by Crippen LogP contribution is 2.43. The molecular formula is C39H68NO8P. The first-order valence-corrected chi connectivity index (χ1v) is 20.3. The maximum Gasteiger partial charge on any atom is 0.472 e. The van der Waals surface area contributed by atoms with Crippen molar-refractivity contribution in [2.75, 3.05) is 26.4 Å². The van der Waals surface area contributed by atoms with Crippen molar-refractivity contribution in [3.05, 3.63) is 60.8 Å². The lowest BCUT2D eigenvalue weighted by Gasteiger charge is -2.19. The van der Waals surface area contributed by atoms with Gasteiger partial charge in [0.1, 0.15) is 6.61 Å². The summed E-state index contributed by atoms with van der Waals surface area (Å²) in [6.45, 7) is 3.52. The molecule has 0 aromatic carbocycles. The van der Waals surface area contributed by atoms with Gasteiger partial charge in [-0.25, -0.2) is 4.57 Å². The van der Waals surface area contributed by atoms with E-state index in [0.717, 1.165) is 51.4 Å². The lowest BCUT2D eigenvalue weighted by atomic mass is 10.1. The molecule has 0 aliphatic carbocycles. The van der Waals surface area contributed by atoms with Crippen molar-refractivity contribution >= 4 is 19.8 Å². The summed E-state index contributed by atoms with van der Waals surface area (Å²) in [6, 6.07) is 0. The molecule has 0 aromatic rings. The normalized spacial score (nSPS) is 14.1. The summed E-state index contributed by atoms with van der Waals surface area (Å²) in [5.41, 5.74) is 5.32. The monoisotopic (exact) mass is 709 g/mol. The Labute approximate surface area is 298 Å². The molecular weight excluding hydrogens is 641 g/mol. The Morgan fingerprint density at radius 3 is 1.65 bits per heavy atom. The predicted octanol–water partition coefficient (Wildman–Crippen LogP) is 10.2. The van der Waals surface area contributed by atoms with Crippen molar-refractivity contribution in [1.82, 2.24) is 0 Å². The molecule has 2 atom stereocenters. The summed E-state index contributed by atoms with van der Waals surface area (Å²) in [7, 11) is -4.39. The van der Waals surface area contributed by atoms with Crippen molar-refractivity contribution in [3.63, 3.8) is 0 Å². The first-order chi connectivity index (χ1) is 23.8. The summed E-state index contributed by atoms with van der Waals surface area (Å²) in [6.07, 6.45) is 39.7. The first kappa shape index (κ1) is 46.7. The third kappa shape index (κ3) is 35.3. The van der Waals surface area contributed by atoms with Crippen LogP contribution in [0.5, 0.6) is 0 Å². The molecule has 0 heterocycles. The number of hydrogen-bond donors (Lipinski definition) is 2. The fraction of sp³-hybridized carbons (Fsp3) is 0.692. The maximum atomic E-state index is 12.5. The van der Waals surface area contributed by atoms with E-state index in [0.29, 0.717) is 12.8 Å². The van der Waals surface area contributed by atoms with Gasteiger partial charge in [-0.2, -0.15) is 0 Å². The van der Waals surface area contributed by atoms with Crippen molar-refractivity contribution in [3.8, 4) is 0 Å². The fourth-order valence-corrected chi connectivity index (χ4v) is 5.43. The van der Waals surface area contributed by atoms with Gasteiger partial charge in [0.05, 0.1) is 13.2 Å². The number of allylic oxidation sites excluding steroid dienone is 10. The van der Waals surface area contributed by atoms with Crippen LogP contribution in [0.2, 0.25) is 0 Å². The van der Waals surface area contributed by atoms with Gasteiger partial charge in [0.15, 0.2) is 6.10 Å². The van der Waals surface area contributed by atoms with E-state index >= 15 is 0 Å². The van der Waals surface area contributed by atoms with E-state index in [1.54, 1.807) is 0 Å². The number of rotatable bonds is 34. The van der Waals surface area contributed by atoms with Crippen molar-refractivity contribution in [2.45, 2.75) is 148 Å². The number of nitrogens with two attached hydrogens (primary N) is 1. The first-order valence-electron chi connectivity index (χ1n) is 18.8. The molecule has 0 spiro atoms. The van der Waals surface area contributed by atoms with Crippen LogP contribution in [0.1, 0.15) is 142 Å². The van der Waals surface area contributed by atoms with E-state index in [9.17, 15) is 19.0 Å². The molecule has 0 saturated carbocycles. The molecule has 282 valence electrons. The highest BCUT2D eigenvalue weighted by Gasteiger charge is 2.25. The maximum absolute atomic E-state index is 12.5. The third-order valence-electron chi connectivity index (χ3n) is 7.42. The lowest BCUT2D eigenvalue weighted by Crippen LogP contribution is -2.29. The van der Waals surface area contributed by atoms with Crippen LogP contribution in [-0.2, 0) is 32.7 Å². The van der Waals surface area contributed by atoms with Crippen LogP contribution in [0, 0.1) is 0 Å². The van der Waals surface area contributed by atoms with Crippen LogP contribution < -0.4 is 5.73 Å². The van der Waals surface area contributed by atoms with Gasteiger partial charge in [-0.3, -0.25) is 18.6 Å². The molecule has 10 heteroatoms.